The van der Waals surface area contributed by atoms with Crippen LogP contribution in [-0.2, 0) is 28.9 Å². The lowest BCUT2D eigenvalue weighted by atomic mass is 10.0. The van der Waals surface area contributed by atoms with Gasteiger partial charge in [0.05, 0.1) is 24.2 Å². The quantitative estimate of drug-likeness (QED) is 0.398. The molecule has 1 aliphatic heterocycles. The van der Waals surface area contributed by atoms with Crippen LogP contribution < -0.4 is 11.3 Å². The minimum absolute atomic E-state index is 0.00379. The number of aliphatic hydroxyl groups excluding tert-OH is 1. The molecular formula is C24H25FN4O6. The van der Waals surface area contributed by atoms with Crippen molar-refractivity contribution in [3.05, 3.63) is 75.0 Å². The first-order chi connectivity index (χ1) is 16.7. The summed E-state index contributed by atoms with van der Waals surface area (Å²) in [4.78, 5) is 44.5. The van der Waals surface area contributed by atoms with Gasteiger partial charge in [-0.3, -0.25) is 23.9 Å². The maximum Gasteiger partial charge on any atom is 0.264 e. The number of fused-ring (bicyclic) bond motifs is 1. The molecule has 35 heavy (non-hydrogen) atoms. The maximum absolute atomic E-state index is 13.4. The van der Waals surface area contributed by atoms with Crippen LogP contribution in [0.3, 0.4) is 0 Å². The van der Waals surface area contributed by atoms with Gasteiger partial charge in [-0.1, -0.05) is 12.1 Å². The number of primary amides is 1. The molecule has 3 heterocycles. The Morgan fingerprint density at radius 3 is 2.46 bits per heavy atom. The lowest BCUT2D eigenvalue weighted by molar-refractivity contribution is -0.135. The van der Waals surface area contributed by atoms with Crippen LogP contribution in [0.15, 0.2) is 41.3 Å². The van der Waals surface area contributed by atoms with Gasteiger partial charge in [0.2, 0.25) is 5.91 Å². The smallest absolute Gasteiger partial charge is 0.264 e. The van der Waals surface area contributed by atoms with Crippen molar-refractivity contribution in [3.63, 3.8) is 0 Å². The van der Waals surface area contributed by atoms with Gasteiger partial charge in [-0.25, -0.2) is 4.39 Å². The first-order valence-electron chi connectivity index (χ1n) is 11.0. The molecule has 0 saturated carbocycles. The van der Waals surface area contributed by atoms with E-state index in [0.29, 0.717) is 38.3 Å². The number of aliphatic hydroxyl groups is 2. The van der Waals surface area contributed by atoms with Crippen molar-refractivity contribution in [1.29, 1.82) is 0 Å². The summed E-state index contributed by atoms with van der Waals surface area (Å²) >= 11 is 0. The van der Waals surface area contributed by atoms with E-state index in [1.54, 1.807) is 23.1 Å². The van der Waals surface area contributed by atoms with E-state index in [0.717, 1.165) is 10.1 Å². The third-order valence-electron chi connectivity index (χ3n) is 5.87. The summed E-state index contributed by atoms with van der Waals surface area (Å²) in [5.41, 5.74) is 6.08. The molecule has 2 aromatic heterocycles. The molecule has 0 radical (unpaired) electrons. The highest BCUT2D eigenvalue weighted by Gasteiger charge is 2.26. The molecule has 0 atom stereocenters. The van der Waals surface area contributed by atoms with Gasteiger partial charge in [-0.15, -0.1) is 0 Å². The predicted octanol–water partition coefficient (Wildman–Crippen LogP) is -0.0627. The van der Waals surface area contributed by atoms with Crippen LogP contribution >= 0.6 is 0 Å². The van der Waals surface area contributed by atoms with E-state index in [9.17, 15) is 29.0 Å². The van der Waals surface area contributed by atoms with Crippen LogP contribution in [-0.4, -0.2) is 69.1 Å². The monoisotopic (exact) mass is 484 g/mol. The Labute approximate surface area is 199 Å². The van der Waals surface area contributed by atoms with Crippen LogP contribution in [0.4, 0.5) is 4.39 Å². The van der Waals surface area contributed by atoms with E-state index in [2.05, 4.69) is 4.98 Å². The molecule has 11 heteroatoms. The van der Waals surface area contributed by atoms with Crippen molar-refractivity contribution < 1.29 is 28.9 Å². The predicted molar refractivity (Wildman–Crippen MR) is 123 cm³/mol. The lowest BCUT2D eigenvalue weighted by Gasteiger charge is -2.27. The zero-order valence-electron chi connectivity index (χ0n) is 18.8. The number of nitrogens with two attached hydrogens (primary N) is 1. The highest BCUT2D eigenvalue weighted by molar-refractivity contribution is 5.98. The number of amides is 2. The first-order valence-corrected chi connectivity index (χ1v) is 11.0. The summed E-state index contributed by atoms with van der Waals surface area (Å²) in [7, 11) is 0. The van der Waals surface area contributed by atoms with Gasteiger partial charge in [0, 0.05) is 31.3 Å². The van der Waals surface area contributed by atoms with Crippen molar-refractivity contribution in [2.24, 2.45) is 5.73 Å². The number of carbonyl (C=O) groups is 2. The van der Waals surface area contributed by atoms with E-state index < -0.39 is 29.7 Å². The number of carbonyl (C=O) groups excluding carboxylic acids is 2. The Morgan fingerprint density at radius 1 is 1.14 bits per heavy atom. The summed E-state index contributed by atoms with van der Waals surface area (Å²) in [6, 6.07) is 7.57. The Hall–Kier alpha value is -3.67. The molecule has 1 saturated heterocycles. The molecule has 0 aliphatic carbocycles. The van der Waals surface area contributed by atoms with Gasteiger partial charge in [0.1, 0.15) is 17.9 Å². The van der Waals surface area contributed by atoms with Crippen LogP contribution in [0, 0.1) is 5.82 Å². The van der Waals surface area contributed by atoms with Crippen LogP contribution in [0.1, 0.15) is 27.0 Å². The number of ether oxygens (including phenoxy) is 1. The van der Waals surface area contributed by atoms with Gasteiger partial charge in [-0.05, 0) is 35.7 Å². The van der Waals surface area contributed by atoms with Crippen LogP contribution in [0.2, 0.25) is 0 Å². The molecule has 4 N–H and O–H groups in total. The van der Waals surface area contributed by atoms with E-state index in [1.807, 2.05) is 0 Å². The van der Waals surface area contributed by atoms with Crippen LogP contribution in [0.25, 0.3) is 11.0 Å². The molecule has 1 aromatic carbocycles. The standard InChI is InChI=1S/C24H25FN4O6/c25-16-3-1-14(2-4-16)9-15-10-18-22(27-12-15)17(11-20(31)32)21(23(26)33)24(34)29(18)13-19(30)28-5-7-35-8-6-28/h1-4,10,12,20,31-32H,5-9,11,13H2,(H2,26,33). The average molecular weight is 484 g/mol. The molecule has 184 valence electrons. The number of halogens is 1. The molecule has 0 unspecified atom stereocenters. The molecule has 2 amide bonds. The summed E-state index contributed by atoms with van der Waals surface area (Å²) in [6.45, 7) is 1.14. The minimum atomic E-state index is -1.86. The Balaban J connectivity index is 1.86. The summed E-state index contributed by atoms with van der Waals surface area (Å²) < 4.78 is 19.7. The topological polar surface area (TPSA) is 148 Å². The van der Waals surface area contributed by atoms with Crippen molar-refractivity contribution in [2.75, 3.05) is 26.3 Å². The second-order valence-electron chi connectivity index (χ2n) is 8.30. The number of morpholine rings is 1. The molecule has 0 spiro atoms. The summed E-state index contributed by atoms with van der Waals surface area (Å²) in [6.07, 6.45) is -0.429. The van der Waals surface area contributed by atoms with Crippen molar-refractivity contribution in [3.8, 4) is 0 Å². The zero-order valence-corrected chi connectivity index (χ0v) is 18.8. The van der Waals surface area contributed by atoms with Crippen molar-refractivity contribution >= 4 is 22.8 Å². The third kappa shape index (κ3) is 5.37. The first kappa shape index (κ1) is 24.5. The van der Waals surface area contributed by atoms with E-state index >= 15 is 0 Å². The minimum Gasteiger partial charge on any atom is -0.378 e. The van der Waals surface area contributed by atoms with E-state index in [-0.39, 0.29) is 34.9 Å². The molecule has 10 nitrogen and oxygen atoms in total. The van der Waals surface area contributed by atoms with E-state index in [1.165, 1.54) is 18.3 Å². The maximum atomic E-state index is 13.4. The van der Waals surface area contributed by atoms with E-state index in [4.69, 9.17) is 10.5 Å². The number of rotatable bonds is 7. The van der Waals surface area contributed by atoms with Gasteiger partial charge in [0.25, 0.3) is 11.5 Å². The lowest BCUT2D eigenvalue weighted by Crippen LogP contribution is -2.44. The Morgan fingerprint density at radius 2 is 1.83 bits per heavy atom. The number of benzene rings is 1. The summed E-state index contributed by atoms with van der Waals surface area (Å²) in [5, 5.41) is 19.2. The second-order valence-corrected chi connectivity index (χ2v) is 8.30. The molecule has 1 fully saturated rings. The fourth-order valence-electron chi connectivity index (χ4n) is 4.20. The van der Waals surface area contributed by atoms with Gasteiger partial charge in [-0.2, -0.15) is 0 Å². The fourth-order valence-corrected chi connectivity index (χ4v) is 4.20. The number of aromatic nitrogens is 2. The van der Waals surface area contributed by atoms with Gasteiger partial charge in [0.15, 0.2) is 6.29 Å². The Bertz CT molecular complexity index is 1320. The highest BCUT2D eigenvalue weighted by atomic mass is 19.1. The molecule has 3 aromatic rings. The van der Waals surface area contributed by atoms with Gasteiger partial charge < -0.3 is 25.6 Å². The second kappa shape index (κ2) is 10.3. The van der Waals surface area contributed by atoms with Crippen molar-refractivity contribution in [1.82, 2.24) is 14.5 Å². The van der Waals surface area contributed by atoms with Crippen LogP contribution in [0.5, 0.6) is 0 Å². The SMILES string of the molecule is NC(=O)c1c(CC(O)O)c2ncc(Cc3ccc(F)cc3)cc2n(CC(=O)N2CCOCC2)c1=O. The van der Waals surface area contributed by atoms with Gasteiger partial charge >= 0.3 is 0 Å². The highest BCUT2D eigenvalue weighted by Crippen LogP contribution is 2.22. The van der Waals surface area contributed by atoms with Crippen molar-refractivity contribution in [2.45, 2.75) is 25.7 Å². The number of hydrogen-bond acceptors (Lipinski definition) is 7. The average Bonchev–Trinajstić information content (AvgIpc) is 2.83. The fraction of sp³-hybridized carbons (Fsp3) is 0.333. The zero-order chi connectivity index (χ0) is 25.1. The summed E-state index contributed by atoms with van der Waals surface area (Å²) in [5.74, 6) is -1.77. The number of nitrogens with zero attached hydrogens (tertiary/aromatic N) is 3. The Kier molecular flexibility index (Phi) is 7.20. The number of hydrogen-bond donors (Lipinski definition) is 3. The molecule has 1 aliphatic rings. The normalized spacial score (nSPS) is 14.0. The number of pyridine rings is 2. The largest absolute Gasteiger partial charge is 0.378 e. The molecular weight excluding hydrogens is 459 g/mol. The third-order valence-corrected chi connectivity index (χ3v) is 5.87. The molecule has 0 bridgehead atoms. The molecule has 4 rings (SSSR count).